The zero-order chi connectivity index (χ0) is 14.5. The molecule has 0 aliphatic heterocycles. The molecule has 1 aromatic heterocycles. The molecule has 2 rings (SSSR count). The van der Waals surface area contributed by atoms with Crippen molar-refractivity contribution in [3.05, 3.63) is 30.1 Å². The monoisotopic (exact) mass is 293 g/mol. The Morgan fingerprint density at radius 2 is 2.30 bits per heavy atom. The first kappa shape index (κ1) is 14.2. The van der Waals surface area contributed by atoms with E-state index in [2.05, 4.69) is 15.5 Å². The summed E-state index contributed by atoms with van der Waals surface area (Å²) in [5.41, 5.74) is 0.681. The number of hydrogen-bond donors (Lipinski definition) is 2. The quantitative estimate of drug-likeness (QED) is 0.632. The highest BCUT2D eigenvalue weighted by molar-refractivity contribution is 7.99. The maximum atomic E-state index is 11.8. The average Bonchev–Trinajstić information content (AvgIpc) is 2.77. The predicted molar refractivity (Wildman–Crippen MR) is 77.3 cm³/mol. The average molecular weight is 293 g/mol. The van der Waals surface area contributed by atoms with Gasteiger partial charge in [-0.2, -0.15) is 0 Å². The number of nitrogen functional groups attached to an aromatic ring is 1. The molecule has 7 nitrogen and oxygen atoms in total. The van der Waals surface area contributed by atoms with E-state index >= 15 is 0 Å². The third-order valence-corrected chi connectivity index (χ3v) is 3.46. The van der Waals surface area contributed by atoms with Crippen LogP contribution in [0.15, 0.2) is 29.4 Å². The lowest BCUT2D eigenvalue weighted by Gasteiger charge is -2.06. The highest BCUT2D eigenvalue weighted by Crippen LogP contribution is 2.18. The second-order valence-electron chi connectivity index (χ2n) is 3.97. The Labute approximate surface area is 120 Å². The summed E-state index contributed by atoms with van der Waals surface area (Å²) in [5, 5.41) is 11.0. The number of nitrogens with zero attached hydrogens (tertiary/aromatic N) is 3. The van der Waals surface area contributed by atoms with Gasteiger partial charge in [0.05, 0.1) is 12.9 Å². The molecular weight excluding hydrogens is 278 g/mol. The summed E-state index contributed by atoms with van der Waals surface area (Å²) in [6.07, 6.45) is 0. The third kappa shape index (κ3) is 3.41. The van der Waals surface area contributed by atoms with Crippen molar-refractivity contribution in [1.82, 2.24) is 14.9 Å². The Morgan fingerprint density at radius 1 is 1.50 bits per heavy atom. The molecule has 0 aliphatic carbocycles. The third-order valence-electron chi connectivity index (χ3n) is 2.52. The van der Waals surface area contributed by atoms with Crippen molar-refractivity contribution in [3.63, 3.8) is 0 Å². The Bertz CT molecular complexity index is 614. The molecule has 3 N–H and O–H groups in total. The lowest BCUT2D eigenvalue weighted by molar-refractivity contribution is -0.113. The largest absolute Gasteiger partial charge is 0.497 e. The molecule has 1 aromatic carbocycles. The lowest BCUT2D eigenvalue weighted by atomic mass is 10.3. The van der Waals surface area contributed by atoms with Crippen molar-refractivity contribution < 1.29 is 9.53 Å². The van der Waals surface area contributed by atoms with E-state index in [0.717, 1.165) is 0 Å². The normalized spacial score (nSPS) is 10.3. The van der Waals surface area contributed by atoms with E-state index in [4.69, 9.17) is 10.6 Å². The molecule has 0 spiro atoms. The Balaban J connectivity index is 1.90. The van der Waals surface area contributed by atoms with Gasteiger partial charge < -0.3 is 15.9 Å². The Hall–Kier alpha value is -2.22. The highest BCUT2D eigenvalue weighted by Gasteiger charge is 2.10. The molecule has 0 saturated carbocycles. The van der Waals surface area contributed by atoms with Crippen LogP contribution in [0.2, 0.25) is 0 Å². The van der Waals surface area contributed by atoms with Crippen LogP contribution in [-0.4, -0.2) is 33.6 Å². The fourth-order valence-electron chi connectivity index (χ4n) is 1.48. The van der Waals surface area contributed by atoms with E-state index in [0.29, 0.717) is 22.4 Å². The van der Waals surface area contributed by atoms with Crippen LogP contribution in [-0.2, 0) is 4.79 Å². The van der Waals surface area contributed by atoms with E-state index in [-0.39, 0.29) is 11.7 Å². The zero-order valence-electron chi connectivity index (χ0n) is 11.2. The van der Waals surface area contributed by atoms with Gasteiger partial charge in [-0.15, -0.1) is 10.2 Å². The SMILES string of the molecule is COc1cccc(NC(=O)CSc2nnc(C)n2N)c1. The van der Waals surface area contributed by atoms with Gasteiger partial charge in [-0.3, -0.25) is 4.79 Å². The minimum Gasteiger partial charge on any atom is -0.497 e. The Kier molecular flexibility index (Phi) is 4.46. The highest BCUT2D eigenvalue weighted by atomic mass is 32.2. The van der Waals surface area contributed by atoms with Gasteiger partial charge in [-0.05, 0) is 19.1 Å². The maximum absolute atomic E-state index is 11.8. The predicted octanol–water partition coefficient (Wildman–Crippen LogP) is 1.04. The number of thioether (sulfide) groups is 1. The van der Waals surface area contributed by atoms with Crippen LogP contribution in [0.5, 0.6) is 5.75 Å². The van der Waals surface area contributed by atoms with Crippen molar-refractivity contribution in [2.24, 2.45) is 0 Å². The van der Waals surface area contributed by atoms with Crippen LogP contribution in [0.3, 0.4) is 0 Å². The van der Waals surface area contributed by atoms with Gasteiger partial charge >= 0.3 is 0 Å². The van der Waals surface area contributed by atoms with Crippen LogP contribution < -0.4 is 15.9 Å². The summed E-state index contributed by atoms with van der Waals surface area (Å²) in [5.74, 6) is 7.04. The molecule has 0 fully saturated rings. The molecule has 106 valence electrons. The topological polar surface area (TPSA) is 95.1 Å². The first-order valence-electron chi connectivity index (χ1n) is 5.84. The number of carbonyl (C=O) groups is 1. The number of carbonyl (C=O) groups excluding carboxylic acids is 1. The van der Waals surface area contributed by atoms with Gasteiger partial charge in [0.2, 0.25) is 11.1 Å². The second-order valence-corrected chi connectivity index (χ2v) is 4.91. The number of aryl methyl sites for hydroxylation is 1. The Morgan fingerprint density at radius 3 is 2.95 bits per heavy atom. The fourth-order valence-corrected chi connectivity index (χ4v) is 2.18. The molecule has 0 unspecified atom stereocenters. The molecule has 0 radical (unpaired) electrons. The molecule has 2 aromatic rings. The number of ether oxygens (including phenoxy) is 1. The number of anilines is 1. The molecule has 0 bridgehead atoms. The number of rotatable bonds is 5. The summed E-state index contributed by atoms with van der Waals surface area (Å²) in [6.45, 7) is 1.74. The van der Waals surface area contributed by atoms with Gasteiger partial charge in [0.1, 0.15) is 11.6 Å². The molecule has 1 amide bonds. The number of nitrogens with one attached hydrogen (secondary N) is 1. The van der Waals surface area contributed by atoms with E-state index in [1.54, 1.807) is 26.2 Å². The van der Waals surface area contributed by atoms with E-state index in [1.807, 2.05) is 12.1 Å². The van der Waals surface area contributed by atoms with Crippen molar-refractivity contribution in [3.8, 4) is 5.75 Å². The van der Waals surface area contributed by atoms with Gasteiger partial charge in [0.15, 0.2) is 0 Å². The van der Waals surface area contributed by atoms with Crippen molar-refractivity contribution in [2.75, 3.05) is 24.0 Å². The molecular formula is C12H15N5O2S. The minimum atomic E-state index is -0.149. The fraction of sp³-hybridized carbons (Fsp3) is 0.250. The smallest absolute Gasteiger partial charge is 0.234 e. The molecule has 0 atom stereocenters. The summed E-state index contributed by atoms with van der Waals surface area (Å²) >= 11 is 1.23. The van der Waals surface area contributed by atoms with Crippen LogP contribution in [0, 0.1) is 6.92 Å². The summed E-state index contributed by atoms with van der Waals surface area (Å²) in [6, 6.07) is 7.16. The van der Waals surface area contributed by atoms with Crippen molar-refractivity contribution in [1.29, 1.82) is 0 Å². The number of amides is 1. The molecule has 8 heteroatoms. The summed E-state index contributed by atoms with van der Waals surface area (Å²) in [4.78, 5) is 11.8. The lowest BCUT2D eigenvalue weighted by Crippen LogP contribution is -2.16. The molecule has 20 heavy (non-hydrogen) atoms. The minimum absolute atomic E-state index is 0.149. The van der Waals surface area contributed by atoms with Crippen LogP contribution in [0.4, 0.5) is 5.69 Å². The number of benzene rings is 1. The second kappa shape index (κ2) is 6.29. The summed E-state index contributed by atoms with van der Waals surface area (Å²) < 4.78 is 6.44. The van der Waals surface area contributed by atoms with Gasteiger partial charge in [0, 0.05) is 11.8 Å². The van der Waals surface area contributed by atoms with Gasteiger partial charge in [0.25, 0.3) is 0 Å². The zero-order valence-corrected chi connectivity index (χ0v) is 12.0. The van der Waals surface area contributed by atoms with E-state index < -0.39 is 0 Å². The van der Waals surface area contributed by atoms with Gasteiger partial charge in [-0.25, -0.2) is 4.68 Å². The van der Waals surface area contributed by atoms with E-state index in [1.165, 1.54) is 16.4 Å². The van der Waals surface area contributed by atoms with E-state index in [9.17, 15) is 4.79 Å². The van der Waals surface area contributed by atoms with Crippen molar-refractivity contribution >= 4 is 23.4 Å². The van der Waals surface area contributed by atoms with Crippen LogP contribution in [0.1, 0.15) is 5.82 Å². The number of hydrogen-bond acceptors (Lipinski definition) is 6. The van der Waals surface area contributed by atoms with Crippen LogP contribution in [0.25, 0.3) is 0 Å². The first-order valence-corrected chi connectivity index (χ1v) is 6.82. The molecule has 0 saturated heterocycles. The molecule has 0 aliphatic rings. The first-order chi connectivity index (χ1) is 9.60. The van der Waals surface area contributed by atoms with Gasteiger partial charge in [-0.1, -0.05) is 17.8 Å². The number of aromatic nitrogens is 3. The maximum Gasteiger partial charge on any atom is 0.234 e. The van der Waals surface area contributed by atoms with Crippen LogP contribution >= 0.6 is 11.8 Å². The number of methoxy groups -OCH3 is 1. The standard InChI is InChI=1S/C12H15N5O2S/c1-8-15-16-12(17(8)13)20-7-11(18)14-9-4-3-5-10(6-9)19-2/h3-6H,7,13H2,1-2H3,(H,14,18). The van der Waals surface area contributed by atoms with Crippen molar-refractivity contribution in [2.45, 2.75) is 12.1 Å². The summed E-state index contributed by atoms with van der Waals surface area (Å²) in [7, 11) is 1.58. The molecule has 1 heterocycles. The number of nitrogens with two attached hydrogens (primary N) is 1.